The summed E-state index contributed by atoms with van der Waals surface area (Å²) in [7, 11) is 0. The third kappa shape index (κ3) is 2.12. The monoisotopic (exact) mass is 217 g/mol. The molecular weight excluding hydrogens is 202 g/mol. The highest BCUT2D eigenvalue weighted by Gasteiger charge is 2.08. The van der Waals surface area contributed by atoms with Gasteiger partial charge in [-0.15, -0.1) is 5.10 Å². The molecule has 0 amide bonds. The first-order valence-corrected chi connectivity index (χ1v) is 5.43. The van der Waals surface area contributed by atoms with E-state index in [0.29, 0.717) is 0 Å². The minimum atomic E-state index is 0.0279. The van der Waals surface area contributed by atoms with Crippen LogP contribution in [-0.2, 0) is 0 Å². The average molecular weight is 217 g/mol. The van der Waals surface area contributed by atoms with E-state index in [9.17, 15) is 0 Å². The zero-order valence-electron chi connectivity index (χ0n) is 9.22. The molecule has 1 aromatic heterocycles. The fourth-order valence-corrected chi connectivity index (χ4v) is 1.60. The van der Waals surface area contributed by atoms with Crippen LogP contribution in [0.15, 0.2) is 30.5 Å². The van der Waals surface area contributed by atoms with Gasteiger partial charge in [-0.1, -0.05) is 31.2 Å². The van der Waals surface area contributed by atoms with Gasteiger partial charge in [0.05, 0.1) is 18.8 Å². The van der Waals surface area contributed by atoms with E-state index >= 15 is 0 Å². The molecule has 0 aliphatic rings. The molecule has 2 N–H and O–H groups in total. The van der Waals surface area contributed by atoms with Crippen molar-refractivity contribution in [1.82, 2.24) is 10.2 Å². The number of fused-ring (bicyclic) bond motifs is 1. The Hall–Kier alpha value is -1.68. The quantitative estimate of drug-likeness (QED) is 0.820. The average Bonchev–Trinajstić information content (AvgIpc) is 2.36. The molecule has 0 bridgehead atoms. The maximum absolute atomic E-state index is 9.15. The minimum Gasteiger partial charge on any atom is -0.394 e. The maximum atomic E-state index is 9.15. The Morgan fingerprint density at radius 3 is 2.94 bits per heavy atom. The van der Waals surface area contributed by atoms with Crippen LogP contribution >= 0.6 is 0 Å². The highest BCUT2D eigenvalue weighted by atomic mass is 16.3. The van der Waals surface area contributed by atoms with Crippen molar-refractivity contribution < 1.29 is 5.11 Å². The fraction of sp³-hybridized carbons (Fsp3) is 0.333. The van der Waals surface area contributed by atoms with Gasteiger partial charge in [0.2, 0.25) is 0 Å². The Labute approximate surface area is 94.3 Å². The van der Waals surface area contributed by atoms with Gasteiger partial charge in [-0.2, -0.15) is 5.10 Å². The third-order valence-electron chi connectivity index (χ3n) is 2.62. The molecule has 0 unspecified atom stereocenters. The van der Waals surface area contributed by atoms with E-state index in [0.717, 1.165) is 23.0 Å². The van der Waals surface area contributed by atoms with Crippen molar-refractivity contribution in [2.45, 2.75) is 19.4 Å². The van der Waals surface area contributed by atoms with Crippen LogP contribution in [0.1, 0.15) is 13.3 Å². The molecule has 0 saturated carbocycles. The van der Waals surface area contributed by atoms with Gasteiger partial charge in [-0.3, -0.25) is 0 Å². The SMILES string of the molecule is CC[C@H](CO)Nc1nncc2ccccc12. The molecule has 4 nitrogen and oxygen atoms in total. The van der Waals surface area contributed by atoms with Crippen molar-refractivity contribution in [1.29, 1.82) is 0 Å². The van der Waals surface area contributed by atoms with Crippen LogP contribution in [0, 0.1) is 0 Å². The van der Waals surface area contributed by atoms with E-state index in [1.807, 2.05) is 31.2 Å². The van der Waals surface area contributed by atoms with E-state index in [-0.39, 0.29) is 12.6 Å². The third-order valence-corrected chi connectivity index (χ3v) is 2.62. The summed E-state index contributed by atoms with van der Waals surface area (Å²) < 4.78 is 0. The summed E-state index contributed by atoms with van der Waals surface area (Å²) >= 11 is 0. The van der Waals surface area contributed by atoms with Crippen molar-refractivity contribution in [3.8, 4) is 0 Å². The molecule has 1 heterocycles. The van der Waals surface area contributed by atoms with Crippen LogP contribution in [-0.4, -0.2) is 28.0 Å². The fourth-order valence-electron chi connectivity index (χ4n) is 1.60. The number of nitrogens with zero attached hydrogens (tertiary/aromatic N) is 2. The van der Waals surface area contributed by atoms with Gasteiger partial charge in [0.25, 0.3) is 0 Å². The first-order valence-electron chi connectivity index (χ1n) is 5.43. The normalized spacial score (nSPS) is 12.6. The zero-order valence-corrected chi connectivity index (χ0v) is 9.22. The lowest BCUT2D eigenvalue weighted by molar-refractivity contribution is 0.271. The molecule has 2 rings (SSSR count). The highest BCUT2D eigenvalue weighted by molar-refractivity contribution is 5.90. The van der Waals surface area contributed by atoms with Gasteiger partial charge in [0.1, 0.15) is 0 Å². The molecule has 0 radical (unpaired) electrons. The molecule has 0 aliphatic heterocycles. The lowest BCUT2D eigenvalue weighted by atomic mass is 10.1. The van der Waals surface area contributed by atoms with Gasteiger partial charge < -0.3 is 10.4 Å². The van der Waals surface area contributed by atoms with Crippen molar-refractivity contribution in [3.63, 3.8) is 0 Å². The molecule has 2 aromatic rings. The van der Waals surface area contributed by atoms with E-state index in [2.05, 4.69) is 15.5 Å². The van der Waals surface area contributed by atoms with Gasteiger partial charge in [0.15, 0.2) is 5.82 Å². The Bertz CT molecular complexity index is 463. The van der Waals surface area contributed by atoms with Crippen LogP contribution in [0.3, 0.4) is 0 Å². The lowest BCUT2D eigenvalue weighted by Crippen LogP contribution is -2.23. The van der Waals surface area contributed by atoms with Crippen LogP contribution in [0.2, 0.25) is 0 Å². The second-order valence-corrected chi connectivity index (χ2v) is 3.71. The largest absolute Gasteiger partial charge is 0.394 e. The molecule has 0 aliphatic carbocycles. The summed E-state index contributed by atoms with van der Waals surface area (Å²) in [6, 6.07) is 7.96. The number of nitrogens with one attached hydrogen (secondary N) is 1. The Morgan fingerprint density at radius 2 is 2.19 bits per heavy atom. The molecule has 1 atom stereocenters. The number of rotatable bonds is 4. The molecule has 0 saturated heterocycles. The number of aromatic nitrogens is 2. The number of anilines is 1. The predicted octanol–water partition coefficient (Wildman–Crippen LogP) is 1.81. The summed E-state index contributed by atoms with van der Waals surface area (Å²) in [6.07, 6.45) is 2.59. The van der Waals surface area contributed by atoms with E-state index in [4.69, 9.17) is 5.11 Å². The minimum absolute atomic E-state index is 0.0279. The first-order chi connectivity index (χ1) is 7.85. The lowest BCUT2D eigenvalue weighted by Gasteiger charge is -2.15. The Balaban J connectivity index is 2.36. The summed E-state index contributed by atoms with van der Waals surface area (Å²) in [4.78, 5) is 0. The van der Waals surface area contributed by atoms with Gasteiger partial charge in [0, 0.05) is 10.8 Å². The van der Waals surface area contributed by atoms with Crippen molar-refractivity contribution in [3.05, 3.63) is 30.5 Å². The number of aliphatic hydroxyl groups excluding tert-OH is 1. The second-order valence-electron chi connectivity index (χ2n) is 3.71. The van der Waals surface area contributed by atoms with Crippen molar-refractivity contribution in [2.24, 2.45) is 0 Å². The van der Waals surface area contributed by atoms with Crippen LogP contribution in [0.5, 0.6) is 0 Å². The predicted molar refractivity (Wildman–Crippen MR) is 64.3 cm³/mol. The van der Waals surface area contributed by atoms with Gasteiger partial charge in [-0.25, -0.2) is 0 Å². The van der Waals surface area contributed by atoms with E-state index < -0.39 is 0 Å². The van der Waals surface area contributed by atoms with E-state index in [1.165, 1.54) is 0 Å². The summed E-state index contributed by atoms with van der Waals surface area (Å²) in [6.45, 7) is 2.12. The van der Waals surface area contributed by atoms with Crippen LogP contribution in [0.25, 0.3) is 10.8 Å². The van der Waals surface area contributed by atoms with Crippen LogP contribution in [0.4, 0.5) is 5.82 Å². The molecular formula is C12H15N3O. The van der Waals surface area contributed by atoms with Crippen molar-refractivity contribution in [2.75, 3.05) is 11.9 Å². The highest BCUT2D eigenvalue weighted by Crippen LogP contribution is 2.20. The van der Waals surface area contributed by atoms with E-state index in [1.54, 1.807) is 6.20 Å². The smallest absolute Gasteiger partial charge is 0.156 e. The molecule has 0 spiro atoms. The van der Waals surface area contributed by atoms with Gasteiger partial charge in [-0.05, 0) is 6.42 Å². The molecule has 16 heavy (non-hydrogen) atoms. The second kappa shape index (κ2) is 4.90. The van der Waals surface area contributed by atoms with Crippen LogP contribution < -0.4 is 5.32 Å². The molecule has 4 heteroatoms. The topological polar surface area (TPSA) is 58.0 Å². The van der Waals surface area contributed by atoms with Gasteiger partial charge >= 0.3 is 0 Å². The maximum Gasteiger partial charge on any atom is 0.156 e. The molecule has 84 valence electrons. The van der Waals surface area contributed by atoms with Crippen molar-refractivity contribution >= 4 is 16.6 Å². The number of hydrogen-bond acceptors (Lipinski definition) is 4. The summed E-state index contributed by atoms with van der Waals surface area (Å²) in [5, 5.41) is 22.4. The summed E-state index contributed by atoms with van der Waals surface area (Å²) in [5.41, 5.74) is 0. The standard InChI is InChI=1S/C12H15N3O/c1-2-10(8-16)14-12-11-6-4-3-5-9(11)7-13-15-12/h3-7,10,16H,2,8H2,1H3,(H,14,15)/t10-/m1/s1. The number of aliphatic hydroxyl groups is 1. The first kappa shape index (κ1) is 10.8. The molecule has 0 fully saturated rings. The number of hydrogen-bond donors (Lipinski definition) is 2. The zero-order chi connectivity index (χ0) is 11.4. The molecule has 1 aromatic carbocycles. The Morgan fingerprint density at radius 1 is 1.38 bits per heavy atom. The number of benzene rings is 1. The Kier molecular flexibility index (Phi) is 3.31. The summed E-state index contributed by atoms with van der Waals surface area (Å²) in [5.74, 6) is 0.735.